The van der Waals surface area contributed by atoms with Crippen molar-refractivity contribution in [1.82, 2.24) is 4.90 Å². The Morgan fingerprint density at radius 1 is 1.20 bits per heavy atom. The molecule has 0 bridgehead atoms. The first-order chi connectivity index (χ1) is 12.1. The molecule has 1 aliphatic rings. The molecule has 1 aliphatic heterocycles. The summed E-state index contributed by atoms with van der Waals surface area (Å²) in [5.41, 5.74) is 3.87. The normalized spacial score (nSPS) is 13.4. The average molecular weight is 357 g/mol. The zero-order valence-electron chi connectivity index (χ0n) is 13.9. The summed E-state index contributed by atoms with van der Waals surface area (Å²) in [6.07, 6.45) is 2.57. The number of nitrogens with zero attached hydrogens (tertiary/aromatic N) is 2. The van der Waals surface area contributed by atoms with E-state index in [1.54, 1.807) is 17.0 Å². The second-order valence-electron chi connectivity index (χ2n) is 5.88. The van der Waals surface area contributed by atoms with E-state index >= 15 is 0 Å². The quantitative estimate of drug-likeness (QED) is 0.740. The third-order valence-electron chi connectivity index (χ3n) is 4.13. The minimum absolute atomic E-state index is 0.125. The van der Waals surface area contributed by atoms with Crippen LogP contribution in [0.15, 0.2) is 59.6 Å². The lowest BCUT2D eigenvalue weighted by molar-refractivity contribution is -0.125. The molecule has 128 valence electrons. The van der Waals surface area contributed by atoms with Crippen LogP contribution in [0.25, 0.3) is 5.70 Å². The molecule has 0 aromatic heterocycles. The number of halogens is 2. The molecule has 25 heavy (non-hydrogen) atoms. The Bertz CT molecular complexity index is 843. The van der Waals surface area contributed by atoms with Crippen LogP contribution in [0.3, 0.4) is 0 Å². The molecule has 0 N–H and O–H groups in total. The Morgan fingerprint density at radius 3 is 2.60 bits per heavy atom. The molecule has 3 nitrogen and oxygen atoms in total. The van der Waals surface area contributed by atoms with Crippen LogP contribution >= 0.6 is 11.6 Å². The van der Waals surface area contributed by atoms with Crippen molar-refractivity contribution in [2.24, 2.45) is 4.99 Å². The van der Waals surface area contributed by atoms with Crippen molar-refractivity contribution in [3.8, 4) is 0 Å². The molecule has 2 aromatic rings. The summed E-state index contributed by atoms with van der Waals surface area (Å²) in [6, 6.07) is 14.1. The van der Waals surface area contributed by atoms with Crippen LogP contribution in [0.1, 0.15) is 23.1 Å². The van der Waals surface area contributed by atoms with Gasteiger partial charge >= 0.3 is 0 Å². The van der Waals surface area contributed by atoms with Gasteiger partial charge in [-0.25, -0.2) is 9.38 Å². The highest BCUT2D eigenvalue weighted by atomic mass is 35.5. The van der Waals surface area contributed by atoms with E-state index in [9.17, 15) is 9.18 Å². The maximum absolute atomic E-state index is 13.1. The number of alkyl halides is 1. The fraction of sp³-hybridized carbons (Fsp3) is 0.200. The van der Waals surface area contributed by atoms with Gasteiger partial charge in [-0.15, -0.1) is 11.6 Å². The summed E-state index contributed by atoms with van der Waals surface area (Å²) in [6.45, 7) is 2.35. The summed E-state index contributed by atoms with van der Waals surface area (Å²) in [5, 5.41) is 0. The van der Waals surface area contributed by atoms with Crippen molar-refractivity contribution >= 4 is 29.0 Å². The summed E-state index contributed by atoms with van der Waals surface area (Å²) in [4.78, 5) is 18.5. The lowest BCUT2D eigenvalue weighted by Crippen LogP contribution is -2.36. The first-order valence-electron chi connectivity index (χ1n) is 8.03. The van der Waals surface area contributed by atoms with Crippen molar-refractivity contribution in [3.63, 3.8) is 0 Å². The molecule has 2 aromatic carbocycles. The molecule has 0 radical (unpaired) electrons. The van der Waals surface area contributed by atoms with Gasteiger partial charge in [0.1, 0.15) is 17.5 Å². The van der Waals surface area contributed by atoms with E-state index in [1.807, 2.05) is 37.3 Å². The topological polar surface area (TPSA) is 32.7 Å². The first kappa shape index (κ1) is 17.4. The Morgan fingerprint density at radius 2 is 1.92 bits per heavy atom. The molecule has 0 saturated heterocycles. The second kappa shape index (κ2) is 7.62. The lowest BCUT2D eigenvalue weighted by Gasteiger charge is -2.22. The van der Waals surface area contributed by atoms with Gasteiger partial charge in [0.2, 0.25) is 5.91 Å². The summed E-state index contributed by atoms with van der Waals surface area (Å²) in [7, 11) is 0. The molecule has 0 fully saturated rings. The zero-order valence-corrected chi connectivity index (χ0v) is 14.6. The molecule has 0 spiro atoms. The predicted molar refractivity (Wildman–Crippen MR) is 98.9 cm³/mol. The van der Waals surface area contributed by atoms with E-state index in [2.05, 4.69) is 4.99 Å². The number of rotatable bonds is 4. The fourth-order valence-corrected chi connectivity index (χ4v) is 2.93. The SMILES string of the molecule is Cc1ccccc1C1=CCC(N(Cc2ccc(F)cc2)C(=O)CCl)=N1. The number of hydrogen-bond acceptors (Lipinski definition) is 2. The molecule has 0 saturated carbocycles. The summed E-state index contributed by atoms with van der Waals surface area (Å²) >= 11 is 5.77. The third-order valence-corrected chi connectivity index (χ3v) is 4.36. The zero-order chi connectivity index (χ0) is 17.8. The third kappa shape index (κ3) is 3.97. The highest BCUT2D eigenvalue weighted by Gasteiger charge is 2.22. The van der Waals surface area contributed by atoms with Gasteiger partial charge < -0.3 is 0 Å². The van der Waals surface area contributed by atoms with Crippen LogP contribution in [0, 0.1) is 12.7 Å². The number of carbonyl (C=O) groups excluding carboxylic acids is 1. The van der Waals surface area contributed by atoms with E-state index < -0.39 is 0 Å². The molecular formula is C20H18ClFN2O. The van der Waals surface area contributed by atoms with Gasteiger partial charge in [-0.3, -0.25) is 9.69 Å². The second-order valence-corrected chi connectivity index (χ2v) is 6.14. The average Bonchev–Trinajstić information content (AvgIpc) is 3.10. The highest BCUT2D eigenvalue weighted by molar-refractivity contribution is 6.28. The molecule has 5 heteroatoms. The maximum Gasteiger partial charge on any atom is 0.243 e. The van der Waals surface area contributed by atoms with E-state index in [4.69, 9.17) is 11.6 Å². The molecule has 1 amide bonds. The fourth-order valence-electron chi connectivity index (χ4n) is 2.79. The van der Waals surface area contributed by atoms with Crippen LogP contribution in [0.4, 0.5) is 4.39 Å². The van der Waals surface area contributed by atoms with Crippen LogP contribution in [-0.2, 0) is 11.3 Å². The Kier molecular flexibility index (Phi) is 5.29. The van der Waals surface area contributed by atoms with Gasteiger partial charge in [-0.05, 0) is 30.2 Å². The number of amides is 1. The van der Waals surface area contributed by atoms with Crippen molar-refractivity contribution in [3.05, 3.63) is 77.1 Å². The Hall–Kier alpha value is -2.46. The monoisotopic (exact) mass is 356 g/mol. The smallest absolute Gasteiger partial charge is 0.243 e. The van der Waals surface area contributed by atoms with E-state index in [0.29, 0.717) is 18.8 Å². The number of hydrogen-bond donors (Lipinski definition) is 0. The van der Waals surface area contributed by atoms with Crippen LogP contribution < -0.4 is 0 Å². The highest BCUT2D eigenvalue weighted by Crippen LogP contribution is 2.26. The number of amidine groups is 1. The lowest BCUT2D eigenvalue weighted by atomic mass is 10.1. The Labute approximate surface area is 151 Å². The molecular weight excluding hydrogens is 339 g/mol. The summed E-state index contributed by atoms with van der Waals surface area (Å²) in [5.74, 6) is 0.0120. The van der Waals surface area contributed by atoms with Gasteiger partial charge in [0, 0.05) is 12.0 Å². The van der Waals surface area contributed by atoms with Crippen molar-refractivity contribution in [2.75, 3.05) is 5.88 Å². The summed E-state index contributed by atoms with van der Waals surface area (Å²) < 4.78 is 13.1. The predicted octanol–water partition coefficient (Wildman–Crippen LogP) is 4.54. The van der Waals surface area contributed by atoms with E-state index in [1.165, 1.54) is 12.1 Å². The van der Waals surface area contributed by atoms with Crippen molar-refractivity contribution in [1.29, 1.82) is 0 Å². The van der Waals surface area contributed by atoms with Crippen LogP contribution in [0.5, 0.6) is 0 Å². The van der Waals surface area contributed by atoms with E-state index in [-0.39, 0.29) is 17.6 Å². The standard InChI is InChI=1S/C20H18ClFN2O/c1-14-4-2-3-5-17(14)18-10-11-19(23-18)24(20(25)12-21)13-15-6-8-16(22)9-7-15/h2-10H,11-13H2,1H3. The minimum atomic E-state index is -0.305. The van der Waals surface area contributed by atoms with E-state index in [0.717, 1.165) is 22.4 Å². The van der Waals surface area contributed by atoms with Crippen molar-refractivity contribution < 1.29 is 9.18 Å². The molecule has 0 aliphatic carbocycles. The van der Waals surface area contributed by atoms with Gasteiger partial charge in [0.05, 0.1) is 12.2 Å². The minimum Gasteiger partial charge on any atom is -0.295 e. The Balaban J connectivity index is 1.85. The number of aliphatic imine (C=N–C) groups is 1. The maximum atomic E-state index is 13.1. The van der Waals surface area contributed by atoms with Gasteiger partial charge in [-0.2, -0.15) is 0 Å². The van der Waals surface area contributed by atoms with Crippen molar-refractivity contribution in [2.45, 2.75) is 19.9 Å². The number of carbonyl (C=O) groups is 1. The molecule has 3 rings (SSSR count). The van der Waals surface area contributed by atoms with Crippen LogP contribution in [-0.4, -0.2) is 22.5 Å². The van der Waals surface area contributed by atoms with Crippen LogP contribution in [0.2, 0.25) is 0 Å². The van der Waals surface area contributed by atoms with Gasteiger partial charge in [0.25, 0.3) is 0 Å². The molecule has 0 unspecified atom stereocenters. The van der Waals surface area contributed by atoms with Gasteiger partial charge in [0.15, 0.2) is 0 Å². The van der Waals surface area contributed by atoms with Gasteiger partial charge in [-0.1, -0.05) is 42.5 Å². The first-order valence-corrected chi connectivity index (χ1v) is 8.56. The molecule has 0 atom stereocenters. The largest absolute Gasteiger partial charge is 0.295 e. The number of benzene rings is 2. The number of aryl methyl sites for hydroxylation is 1. The molecule has 1 heterocycles.